The van der Waals surface area contributed by atoms with Crippen molar-refractivity contribution < 1.29 is 4.74 Å². The van der Waals surface area contributed by atoms with Crippen molar-refractivity contribution in [2.24, 2.45) is 5.73 Å². The van der Waals surface area contributed by atoms with Crippen molar-refractivity contribution in [3.8, 4) is 0 Å². The molecule has 0 spiro atoms. The molecule has 0 aliphatic carbocycles. The normalized spacial score (nSPS) is 26.3. The second-order valence-electron chi connectivity index (χ2n) is 5.50. The lowest BCUT2D eigenvalue weighted by atomic mass is 9.97. The molecule has 0 aromatic heterocycles. The fourth-order valence-electron chi connectivity index (χ4n) is 2.84. The summed E-state index contributed by atoms with van der Waals surface area (Å²) in [6, 6.07) is 11.1. The molecular formula is C16H26N2O. The Balaban J connectivity index is 2.04. The summed E-state index contributed by atoms with van der Waals surface area (Å²) in [5.41, 5.74) is 7.33. The van der Waals surface area contributed by atoms with E-state index in [1.54, 1.807) is 0 Å². The maximum atomic E-state index is 5.99. The van der Waals surface area contributed by atoms with Gasteiger partial charge in [0.05, 0.1) is 12.7 Å². The first-order chi connectivity index (χ1) is 9.24. The molecule has 3 heteroatoms. The van der Waals surface area contributed by atoms with Crippen LogP contribution in [0.4, 0.5) is 0 Å². The van der Waals surface area contributed by atoms with E-state index < -0.39 is 0 Å². The van der Waals surface area contributed by atoms with Crippen molar-refractivity contribution in [3.05, 3.63) is 35.9 Å². The van der Waals surface area contributed by atoms with Gasteiger partial charge < -0.3 is 10.5 Å². The standard InChI is InChI=1S/C16H26N2O/c1-3-16-12-19-13(2)10-18(16)11-15(9-17)14-7-5-4-6-8-14/h4-8,13,15-16H,3,9-12,17H2,1-2H3. The number of hydrogen-bond acceptors (Lipinski definition) is 3. The van der Waals surface area contributed by atoms with Gasteiger partial charge in [0, 0.05) is 31.6 Å². The lowest BCUT2D eigenvalue weighted by Gasteiger charge is -2.40. The molecule has 0 saturated carbocycles. The van der Waals surface area contributed by atoms with Gasteiger partial charge in [0.25, 0.3) is 0 Å². The molecule has 1 aliphatic rings. The monoisotopic (exact) mass is 262 g/mol. The van der Waals surface area contributed by atoms with Crippen LogP contribution in [0.5, 0.6) is 0 Å². The molecule has 3 nitrogen and oxygen atoms in total. The van der Waals surface area contributed by atoms with Crippen molar-refractivity contribution in [2.45, 2.75) is 38.3 Å². The summed E-state index contributed by atoms with van der Waals surface area (Å²) in [5, 5.41) is 0. The van der Waals surface area contributed by atoms with Crippen LogP contribution in [0.25, 0.3) is 0 Å². The Hall–Kier alpha value is -0.900. The topological polar surface area (TPSA) is 38.5 Å². The number of benzene rings is 1. The van der Waals surface area contributed by atoms with Gasteiger partial charge in [-0.25, -0.2) is 0 Å². The van der Waals surface area contributed by atoms with E-state index >= 15 is 0 Å². The molecule has 3 atom stereocenters. The van der Waals surface area contributed by atoms with Crippen LogP contribution in [-0.4, -0.2) is 43.3 Å². The molecule has 106 valence electrons. The molecule has 0 radical (unpaired) electrons. The van der Waals surface area contributed by atoms with E-state index in [0.717, 1.165) is 26.1 Å². The zero-order valence-corrected chi connectivity index (χ0v) is 12.1. The first-order valence-corrected chi connectivity index (χ1v) is 7.35. The van der Waals surface area contributed by atoms with E-state index in [2.05, 4.69) is 49.1 Å². The van der Waals surface area contributed by atoms with Crippen molar-refractivity contribution >= 4 is 0 Å². The quantitative estimate of drug-likeness (QED) is 0.884. The van der Waals surface area contributed by atoms with Crippen LogP contribution in [-0.2, 0) is 4.74 Å². The van der Waals surface area contributed by atoms with Gasteiger partial charge in [0.1, 0.15) is 0 Å². The van der Waals surface area contributed by atoms with Gasteiger partial charge in [0.2, 0.25) is 0 Å². The predicted molar refractivity (Wildman–Crippen MR) is 79.3 cm³/mol. The van der Waals surface area contributed by atoms with Crippen LogP contribution < -0.4 is 5.73 Å². The summed E-state index contributed by atoms with van der Waals surface area (Å²) >= 11 is 0. The number of hydrogen-bond donors (Lipinski definition) is 1. The van der Waals surface area contributed by atoms with Crippen molar-refractivity contribution in [1.29, 1.82) is 0 Å². The maximum absolute atomic E-state index is 5.99. The Bertz CT molecular complexity index is 368. The molecule has 1 heterocycles. The van der Waals surface area contributed by atoms with Crippen LogP contribution in [0.2, 0.25) is 0 Å². The molecule has 1 aliphatic heterocycles. The summed E-state index contributed by atoms with van der Waals surface area (Å²) in [6.45, 7) is 7.99. The van der Waals surface area contributed by atoms with Gasteiger partial charge >= 0.3 is 0 Å². The zero-order chi connectivity index (χ0) is 13.7. The molecule has 1 fully saturated rings. The number of nitrogens with two attached hydrogens (primary N) is 1. The minimum absolute atomic E-state index is 0.331. The average Bonchev–Trinajstić information content (AvgIpc) is 2.46. The van der Waals surface area contributed by atoms with Crippen LogP contribution in [0.3, 0.4) is 0 Å². The van der Waals surface area contributed by atoms with Crippen molar-refractivity contribution in [2.75, 3.05) is 26.2 Å². The molecule has 2 N–H and O–H groups in total. The van der Waals surface area contributed by atoms with Crippen molar-refractivity contribution in [1.82, 2.24) is 4.90 Å². The minimum atomic E-state index is 0.331. The first kappa shape index (κ1) is 14.5. The lowest BCUT2D eigenvalue weighted by molar-refractivity contribution is -0.0574. The smallest absolute Gasteiger partial charge is 0.0674 e. The third-order valence-corrected chi connectivity index (χ3v) is 4.06. The molecule has 0 amide bonds. The van der Waals surface area contributed by atoms with Gasteiger partial charge in [-0.05, 0) is 18.9 Å². The highest BCUT2D eigenvalue weighted by atomic mass is 16.5. The fraction of sp³-hybridized carbons (Fsp3) is 0.625. The average molecular weight is 262 g/mol. The Morgan fingerprint density at radius 2 is 2.11 bits per heavy atom. The Kier molecular flexibility index (Phi) is 5.37. The van der Waals surface area contributed by atoms with Crippen LogP contribution in [0.15, 0.2) is 30.3 Å². The Morgan fingerprint density at radius 3 is 2.74 bits per heavy atom. The molecule has 1 aromatic rings. The summed E-state index contributed by atoms with van der Waals surface area (Å²) in [5.74, 6) is 0.417. The predicted octanol–water partition coefficient (Wildman–Crippen LogP) is 2.23. The molecule has 3 unspecified atom stereocenters. The van der Waals surface area contributed by atoms with E-state index in [0.29, 0.717) is 24.6 Å². The maximum Gasteiger partial charge on any atom is 0.0674 e. The second kappa shape index (κ2) is 7.04. The Labute approximate surface area is 116 Å². The summed E-state index contributed by atoms with van der Waals surface area (Å²) in [6.07, 6.45) is 1.47. The highest BCUT2D eigenvalue weighted by Crippen LogP contribution is 2.21. The van der Waals surface area contributed by atoms with E-state index in [4.69, 9.17) is 10.5 Å². The second-order valence-corrected chi connectivity index (χ2v) is 5.50. The largest absolute Gasteiger partial charge is 0.376 e. The molecule has 1 aromatic carbocycles. The van der Waals surface area contributed by atoms with Gasteiger partial charge in [-0.2, -0.15) is 0 Å². The number of ether oxygens (including phenoxy) is 1. The lowest BCUT2D eigenvalue weighted by Crippen LogP contribution is -2.50. The highest BCUT2D eigenvalue weighted by molar-refractivity contribution is 5.20. The first-order valence-electron chi connectivity index (χ1n) is 7.35. The highest BCUT2D eigenvalue weighted by Gasteiger charge is 2.27. The third-order valence-electron chi connectivity index (χ3n) is 4.06. The van der Waals surface area contributed by atoms with E-state index in [1.165, 1.54) is 5.56 Å². The van der Waals surface area contributed by atoms with E-state index in [1.807, 2.05) is 0 Å². The summed E-state index contributed by atoms with van der Waals surface area (Å²) in [4.78, 5) is 2.55. The molecule has 2 rings (SSSR count). The number of nitrogens with zero attached hydrogens (tertiary/aromatic N) is 1. The third kappa shape index (κ3) is 3.78. The summed E-state index contributed by atoms with van der Waals surface area (Å²) in [7, 11) is 0. The Morgan fingerprint density at radius 1 is 1.37 bits per heavy atom. The number of rotatable bonds is 5. The van der Waals surface area contributed by atoms with Crippen LogP contribution in [0, 0.1) is 0 Å². The molecule has 0 bridgehead atoms. The molecule has 19 heavy (non-hydrogen) atoms. The van der Waals surface area contributed by atoms with Crippen molar-refractivity contribution in [3.63, 3.8) is 0 Å². The van der Waals surface area contributed by atoms with Gasteiger partial charge in [-0.15, -0.1) is 0 Å². The van der Waals surface area contributed by atoms with Gasteiger partial charge in [-0.1, -0.05) is 37.3 Å². The SMILES string of the molecule is CCC1COC(C)CN1CC(CN)c1ccccc1. The van der Waals surface area contributed by atoms with E-state index in [9.17, 15) is 0 Å². The van der Waals surface area contributed by atoms with Gasteiger partial charge in [-0.3, -0.25) is 4.90 Å². The van der Waals surface area contributed by atoms with E-state index in [-0.39, 0.29) is 0 Å². The zero-order valence-electron chi connectivity index (χ0n) is 12.1. The van der Waals surface area contributed by atoms with Crippen LogP contribution in [0.1, 0.15) is 31.7 Å². The minimum Gasteiger partial charge on any atom is -0.376 e. The fourth-order valence-corrected chi connectivity index (χ4v) is 2.84. The molecular weight excluding hydrogens is 236 g/mol. The van der Waals surface area contributed by atoms with Gasteiger partial charge in [0.15, 0.2) is 0 Å². The van der Waals surface area contributed by atoms with Crippen LogP contribution >= 0.6 is 0 Å². The molecule has 1 saturated heterocycles. The summed E-state index contributed by atoms with van der Waals surface area (Å²) < 4.78 is 5.76. The number of morpholine rings is 1.